The molecule has 1 rings (SSSR count). The van der Waals surface area contributed by atoms with Gasteiger partial charge in [0.25, 0.3) is 0 Å². The van der Waals surface area contributed by atoms with E-state index in [0.717, 1.165) is 12.0 Å². The van der Waals surface area contributed by atoms with Gasteiger partial charge in [-0.3, -0.25) is 24.0 Å². The molecule has 0 aliphatic rings. The fourth-order valence-electron chi connectivity index (χ4n) is 4.40. The number of Topliss-reactive ketones (excluding diaryl/α,β-unsaturated/α-hetero) is 1. The van der Waals surface area contributed by atoms with Gasteiger partial charge in [-0.1, -0.05) is 53.7 Å². The van der Waals surface area contributed by atoms with Crippen molar-refractivity contribution in [3.05, 3.63) is 29.8 Å². The summed E-state index contributed by atoms with van der Waals surface area (Å²) in [6.45, 7) is 12.0. The summed E-state index contributed by atoms with van der Waals surface area (Å²) < 4.78 is 5.24. The average Bonchev–Trinajstić information content (AvgIpc) is 2.98. The van der Waals surface area contributed by atoms with Crippen molar-refractivity contribution in [1.82, 2.24) is 16.0 Å². The summed E-state index contributed by atoms with van der Waals surface area (Å²) in [6.07, 6.45) is 1.43. The quantitative estimate of drug-likeness (QED) is 0.0861. The molecule has 0 saturated heterocycles. The van der Waals surface area contributed by atoms with Crippen LogP contribution in [0.3, 0.4) is 0 Å². The van der Waals surface area contributed by atoms with E-state index in [1.165, 1.54) is 0 Å². The summed E-state index contributed by atoms with van der Waals surface area (Å²) in [7, 11) is 0. The molecule has 8 N–H and O–H groups in total. The molecule has 0 aromatic heterocycles. The Bertz CT molecular complexity index is 1150. The summed E-state index contributed by atoms with van der Waals surface area (Å²) in [6, 6.07) is 4.42. The Hall–Kier alpha value is -4.00. The molecule has 13 nitrogen and oxygen atoms in total. The molecule has 0 unspecified atom stereocenters. The molecule has 0 saturated carbocycles. The number of nitrogens with one attached hydrogen (secondary N) is 4. The van der Waals surface area contributed by atoms with Gasteiger partial charge in [-0.15, -0.1) is 0 Å². The van der Waals surface area contributed by atoms with Crippen molar-refractivity contribution in [3.63, 3.8) is 0 Å². The number of carbonyl (C=O) groups excluding carboxylic acids is 6. The molecule has 5 amide bonds. The van der Waals surface area contributed by atoms with Crippen molar-refractivity contribution < 1.29 is 33.5 Å². The van der Waals surface area contributed by atoms with Gasteiger partial charge in [0.2, 0.25) is 17.7 Å². The topological polar surface area (TPSA) is 212 Å². The number of rotatable bonds is 21. The van der Waals surface area contributed by atoms with E-state index in [1.807, 2.05) is 0 Å². The highest BCUT2D eigenvalue weighted by atomic mass is 16.5. The van der Waals surface area contributed by atoms with Crippen LogP contribution in [-0.2, 0) is 35.3 Å². The van der Waals surface area contributed by atoms with Gasteiger partial charge in [0.05, 0.1) is 18.0 Å². The SMILES string of the molecule is CC(C)CCNC(=O)[C@H](N)CCC(=O)N[C@H](C(=O)C[C@@H](CCCNC(N)=O)C(=O)Nc1ccc(COC(=O)C(C)C)cc1)C(C)C. The van der Waals surface area contributed by atoms with Gasteiger partial charge < -0.3 is 37.5 Å². The maximum Gasteiger partial charge on any atom is 0.312 e. The molecule has 13 heteroatoms. The van der Waals surface area contributed by atoms with Crippen LogP contribution in [0.15, 0.2) is 24.3 Å². The van der Waals surface area contributed by atoms with Crippen molar-refractivity contribution in [2.75, 3.05) is 18.4 Å². The van der Waals surface area contributed by atoms with E-state index in [0.29, 0.717) is 24.6 Å². The van der Waals surface area contributed by atoms with Crippen LogP contribution >= 0.6 is 0 Å². The van der Waals surface area contributed by atoms with Crippen molar-refractivity contribution in [2.45, 2.75) is 98.8 Å². The second-order valence-corrected chi connectivity index (χ2v) is 12.7. The van der Waals surface area contributed by atoms with Gasteiger partial charge in [0.1, 0.15) is 6.61 Å². The number of hydrogen-bond donors (Lipinski definition) is 6. The van der Waals surface area contributed by atoms with Crippen LogP contribution in [0, 0.1) is 23.7 Å². The Morgan fingerprint density at radius 1 is 0.826 bits per heavy atom. The Morgan fingerprint density at radius 2 is 1.48 bits per heavy atom. The first kappa shape index (κ1) is 40.0. The first-order valence-corrected chi connectivity index (χ1v) is 16.1. The number of ether oxygens (including phenoxy) is 1. The Kier molecular flexibility index (Phi) is 18.2. The molecule has 0 heterocycles. The minimum atomic E-state index is -0.851. The fraction of sp³-hybridized carbons (Fsp3) is 0.636. The number of anilines is 1. The van der Waals surface area contributed by atoms with E-state index in [1.54, 1.807) is 52.0 Å². The minimum Gasteiger partial charge on any atom is -0.461 e. The third kappa shape index (κ3) is 16.4. The Morgan fingerprint density at radius 3 is 2.04 bits per heavy atom. The third-order valence-electron chi connectivity index (χ3n) is 7.29. The molecule has 0 aliphatic carbocycles. The lowest BCUT2D eigenvalue weighted by Crippen LogP contribution is -2.46. The van der Waals surface area contributed by atoms with Crippen LogP contribution < -0.4 is 32.7 Å². The van der Waals surface area contributed by atoms with Crippen LogP contribution in [-0.4, -0.2) is 60.7 Å². The highest BCUT2D eigenvalue weighted by Gasteiger charge is 2.30. The number of carbonyl (C=O) groups is 6. The van der Waals surface area contributed by atoms with E-state index in [2.05, 4.69) is 35.1 Å². The highest BCUT2D eigenvalue weighted by Crippen LogP contribution is 2.20. The summed E-state index contributed by atoms with van der Waals surface area (Å²) in [5.74, 6) is -2.58. The molecule has 3 atom stereocenters. The van der Waals surface area contributed by atoms with Crippen molar-refractivity contribution >= 4 is 41.2 Å². The minimum absolute atomic E-state index is 0.0371. The number of nitrogens with two attached hydrogens (primary N) is 2. The van der Waals surface area contributed by atoms with Crippen LogP contribution in [0.25, 0.3) is 0 Å². The van der Waals surface area contributed by atoms with E-state index >= 15 is 0 Å². The lowest BCUT2D eigenvalue weighted by molar-refractivity contribution is -0.148. The fourth-order valence-corrected chi connectivity index (χ4v) is 4.40. The molecule has 0 bridgehead atoms. The zero-order valence-corrected chi connectivity index (χ0v) is 28.1. The number of hydrogen-bond acceptors (Lipinski definition) is 8. The van der Waals surface area contributed by atoms with Crippen molar-refractivity contribution in [3.8, 4) is 0 Å². The normalized spacial score (nSPS) is 13.1. The van der Waals surface area contributed by atoms with Gasteiger partial charge in [0.15, 0.2) is 5.78 Å². The lowest BCUT2D eigenvalue weighted by atomic mass is 9.89. The van der Waals surface area contributed by atoms with Crippen LogP contribution in [0.4, 0.5) is 10.5 Å². The average molecular weight is 647 g/mol. The lowest BCUT2D eigenvalue weighted by Gasteiger charge is -2.24. The molecule has 1 aromatic carbocycles. The number of ketones is 1. The summed E-state index contributed by atoms with van der Waals surface area (Å²) >= 11 is 0. The number of esters is 1. The van der Waals surface area contributed by atoms with Crippen molar-refractivity contribution in [2.24, 2.45) is 35.1 Å². The maximum absolute atomic E-state index is 13.5. The number of primary amides is 1. The second kappa shape index (κ2) is 20.9. The number of benzene rings is 1. The molecule has 258 valence electrons. The van der Waals surface area contributed by atoms with E-state index in [-0.39, 0.29) is 68.3 Å². The first-order valence-electron chi connectivity index (χ1n) is 16.1. The predicted octanol–water partition coefficient (Wildman–Crippen LogP) is 2.76. The maximum atomic E-state index is 13.5. The van der Waals surface area contributed by atoms with Gasteiger partial charge >= 0.3 is 12.0 Å². The van der Waals surface area contributed by atoms with Gasteiger partial charge in [-0.25, -0.2) is 4.79 Å². The zero-order chi connectivity index (χ0) is 34.8. The molecule has 0 fully saturated rings. The Labute approximate surface area is 272 Å². The van der Waals surface area contributed by atoms with Crippen LogP contribution in [0.1, 0.15) is 85.6 Å². The van der Waals surface area contributed by atoms with Gasteiger partial charge in [-0.05, 0) is 55.2 Å². The summed E-state index contributed by atoms with van der Waals surface area (Å²) in [5, 5.41) is 10.8. The monoisotopic (exact) mass is 646 g/mol. The second-order valence-electron chi connectivity index (χ2n) is 12.7. The molecule has 0 radical (unpaired) electrons. The third-order valence-corrected chi connectivity index (χ3v) is 7.29. The van der Waals surface area contributed by atoms with Crippen LogP contribution in [0.5, 0.6) is 0 Å². The summed E-state index contributed by atoms with van der Waals surface area (Å²) in [4.78, 5) is 74.6. The predicted molar refractivity (Wildman–Crippen MR) is 176 cm³/mol. The summed E-state index contributed by atoms with van der Waals surface area (Å²) in [5.41, 5.74) is 12.4. The zero-order valence-electron chi connectivity index (χ0n) is 28.1. The molecular formula is C33H54N6O7. The van der Waals surface area contributed by atoms with Gasteiger partial charge in [-0.2, -0.15) is 0 Å². The molecule has 46 heavy (non-hydrogen) atoms. The molecule has 0 spiro atoms. The van der Waals surface area contributed by atoms with Crippen molar-refractivity contribution in [1.29, 1.82) is 0 Å². The number of urea groups is 1. The molecular weight excluding hydrogens is 592 g/mol. The van der Waals surface area contributed by atoms with E-state index in [4.69, 9.17) is 16.2 Å². The molecule has 0 aliphatic heterocycles. The first-order chi connectivity index (χ1) is 21.6. The van der Waals surface area contributed by atoms with E-state index < -0.39 is 35.8 Å². The molecule has 1 aromatic rings. The standard InChI is InChI=1S/C33H54N6O7/c1-20(2)15-17-36-31(43)26(34)13-14-28(41)39-29(21(3)4)27(40)18-24(8-7-16-37-33(35)45)30(42)38-25-11-9-23(10-12-25)19-46-32(44)22(5)6/h9-12,20-22,24,26,29H,7-8,13-19,34H2,1-6H3,(H,36,43)(H,38,42)(H,39,41)(H3,35,37,45)/t24-,26-,29+/m1/s1. The van der Waals surface area contributed by atoms with Crippen LogP contribution in [0.2, 0.25) is 0 Å². The highest BCUT2D eigenvalue weighted by molar-refractivity contribution is 5.97. The number of amides is 5. The van der Waals surface area contributed by atoms with E-state index in [9.17, 15) is 28.8 Å². The largest absolute Gasteiger partial charge is 0.461 e. The Balaban J connectivity index is 2.85. The van der Waals surface area contributed by atoms with Gasteiger partial charge in [0, 0.05) is 37.5 Å². The smallest absolute Gasteiger partial charge is 0.312 e.